The standard InChI is InChI=1S/C15H20N3.3C7H7.Zr/c1-10-6-11(2)15(12(3)7-10)16-8-14-13(4)9-18(5)17-14;3*1-7-5-3-2-4-6-7;/h6-7,9H,8H2,1-5H3;3*2-6H,1H2;/q4*-1;+3. The molecule has 1 aromatic heterocycles. The molecule has 205 valence electrons. The first-order valence-corrected chi connectivity index (χ1v) is 13.0. The summed E-state index contributed by atoms with van der Waals surface area (Å²) in [6, 6.07) is 34.0. The van der Waals surface area contributed by atoms with E-state index in [-0.39, 0.29) is 26.2 Å². The van der Waals surface area contributed by atoms with Gasteiger partial charge in [-0.25, -0.2) is 0 Å². The molecule has 5 rings (SSSR count). The molecule has 0 unspecified atom stereocenters. The van der Waals surface area contributed by atoms with Crippen LogP contribution in [0.4, 0.5) is 5.69 Å². The van der Waals surface area contributed by atoms with Gasteiger partial charge in [0.15, 0.2) is 0 Å². The van der Waals surface area contributed by atoms with Crippen molar-refractivity contribution in [1.82, 2.24) is 9.78 Å². The molecular formula is C36H41N3Zr-. The molecule has 0 saturated heterocycles. The summed E-state index contributed by atoms with van der Waals surface area (Å²) in [5.41, 5.74) is 10.3. The van der Waals surface area contributed by atoms with Crippen LogP contribution in [0.3, 0.4) is 0 Å². The van der Waals surface area contributed by atoms with E-state index >= 15 is 0 Å². The molecule has 0 saturated carbocycles. The zero-order chi connectivity index (χ0) is 28.6. The van der Waals surface area contributed by atoms with E-state index in [1.165, 1.54) is 22.3 Å². The normalized spacial score (nSPS) is 9.32. The molecule has 0 aliphatic carbocycles. The predicted molar refractivity (Wildman–Crippen MR) is 168 cm³/mol. The molecule has 0 aliphatic heterocycles. The smallest absolute Gasteiger partial charge is 0.679 e. The van der Waals surface area contributed by atoms with Crippen molar-refractivity contribution >= 4 is 5.69 Å². The Morgan fingerprint density at radius 3 is 1.27 bits per heavy atom. The zero-order valence-electron chi connectivity index (χ0n) is 24.6. The van der Waals surface area contributed by atoms with Gasteiger partial charge < -0.3 is 5.32 Å². The second-order valence-electron chi connectivity index (χ2n) is 9.45. The number of aromatic nitrogens is 2. The first-order valence-electron chi connectivity index (χ1n) is 13.0. The Balaban J connectivity index is 0.000000300. The molecule has 0 amide bonds. The van der Waals surface area contributed by atoms with Gasteiger partial charge in [0, 0.05) is 18.9 Å². The van der Waals surface area contributed by atoms with Gasteiger partial charge in [-0.05, 0) is 33.3 Å². The molecule has 1 heterocycles. The average Bonchev–Trinajstić information content (AvgIpc) is 3.22. The molecule has 0 N–H and O–H groups in total. The van der Waals surface area contributed by atoms with E-state index in [1.54, 1.807) is 0 Å². The third kappa shape index (κ3) is 13.4. The van der Waals surface area contributed by atoms with Crippen molar-refractivity contribution in [2.75, 3.05) is 0 Å². The second-order valence-corrected chi connectivity index (χ2v) is 9.45. The number of nitrogens with zero attached hydrogens (tertiary/aromatic N) is 3. The third-order valence-electron chi connectivity index (χ3n) is 5.66. The molecule has 5 aromatic rings. The molecule has 0 aliphatic rings. The van der Waals surface area contributed by atoms with Gasteiger partial charge in [0.25, 0.3) is 0 Å². The number of aryl methyl sites for hydroxylation is 5. The number of hydrogen-bond donors (Lipinski definition) is 0. The summed E-state index contributed by atoms with van der Waals surface area (Å²) in [5, 5.41) is 9.14. The summed E-state index contributed by atoms with van der Waals surface area (Å²) in [6.07, 6.45) is 2.03. The van der Waals surface area contributed by atoms with Crippen molar-refractivity contribution in [1.29, 1.82) is 0 Å². The van der Waals surface area contributed by atoms with Gasteiger partial charge in [0.05, 0.1) is 0 Å². The Kier molecular flexibility index (Phi) is 16.0. The van der Waals surface area contributed by atoms with E-state index < -0.39 is 0 Å². The SMILES string of the molecule is Cc1cc(C)c([N-]Cc2nn(C)cc2C)c(C)c1.[CH2-]c1ccccc1.[CH2-]c1ccccc1.[CH2-]c1ccccc1.[Zr+3]. The van der Waals surface area contributed by atoms with Crippen molar-refractivity contribution < 1.29 is 26.2 Å². The van der Waals surface area contributed by atoms with E-state index in [9.17, 15) is 0 Å². The molecule has 4 heteroatoms. The minimum atomic E-state index is 0. The fourth-order valence-corrected chi connectivity index (χ4v) is 3.82. The quantitative estimate of drug-likeness (QED) is 0.188. The van der Waals surface area contributed by atoms with Crippen LogP contribution >= 0.6 is 0 Å². The molecule has 0 bridgehead atoms. The second kappa shape index (κ2) is 18.6. The molecule has 0 spiro atoms. The van der Waals surface area contributed by atoms with E-state index in [1.807, 2.05) is 109 Å². The molecule has 0 atom stereocenters. The summed E-state index contributed by atoms with van der Waals surface area (Å²) in [4.78, 5) is 0. The molecule has 40 heavy (non-hydrogen) atoms. The van der Waals surface area contributed by atoms with Crippen molar-refractivity contribution in [3.63, 3.8) is 0 Å². The summed E-state index contributed by atoms with van der Waals surface area (Å²) in [7, 11) is 1.94. The molecular weight excluding hydrogens is 566 g/mol. The molecule has 0 fully saturated rings. The van der Waals surface area contributed by atoms with Crippen LogP contribution in [-0.4, -0.2) is 9.78 Å². The molecule has 4 aromatic carbocycles. The van der Waals surface area contributed by atoms with Crippen LogP contribution in [-0.2, 0) is 39.8 Å². The Labute approximate surface area is 261 Å². The summed E-state index contributed by atoms with van der Waals surface area (Å²) < 4.78 is 1.84. The zero-order valence-corrected chi connectivity index (χ0v) is 27.0. The number of rotatable bonds is 3. The van der Waals surface area contributed by atoms with Crippen LogP contribution in [0.2, 0.25) is 0 Å². The Bertz CT molecular complexity index is 1250. The maximum Gasteiger partial charge on any atom is 3.00 e. The summed E-state index contributed by atoms with van der Waals surface area (Å²) >= 11 is 0. The van der Waals surface area contributed by atoms with E-state index in [0.717, 1.165) is 28.1 Å². The van der Waals surface area contributed by atoms with Crippen LogP contribution in [0, 0.1) is 48.5 Å². The van der Waals surface area contributed by atoms with Gasteiger partial charge in [-0.15, -0.1) is 42.1 Å². The minimum absolute atomic E-state index is 0. The fourth-order valence-electron chi connectivity index (χ4n) is 3.82. The van der Waals surface area contributed by atoms with E-state index in [4.69, 9.17) is 5.32 Å². The van der Waals surface area contributed by atoms with Crippen LogP contribution < -0.4 is 0 Å². The Morgan fingerprint density at radius 1 is 0.625 bits per heavy atom. The largest absolute Gasteiger partial charge is 3.00 e. The third-order valence-corrected chi connectivity index (χ3v) is 5.66. The van der Waals surface area contributed by atoms with Crippen molar-refractivity contribution in [3.8, 4) is 0 Å². The predicted octanol–water partition coefficient (Wildman–Crippen LogP) is 9.46. The van der Waals surface area contributed by atoms with Gasteiger partial charge in [-0.1, -0.05) is 53.6 Å². The Morgan fingerprint density at radius 2 is 1.00 bits per heavy atom. The minimum Gasteiger partial charge on any atom is -0.679 e. The van der Waals surface area contributed by atoms with Gasteiger partial charge in [0.2, 0.25) is 0 Å². The van der Waals surface area contributed by atoms with Crippen LogP contribution in [0.5, 0.6) is 0 Å². The van der Waals surface area contributed by atoms with Gasteiger partial charge in [0.1, 0.15) is 0 Å². The van der Waals surface area contributed by atoms with E-state index in [2.05, 4.69) is 65.7 Å². The van der Waals surface area contributed by atoms with Gasteiger partial charge in [-0.2, -0.15) is 79.0 Å². The number of benzene rings is 4. The maximum absolute atomic E-state index is 4.72. The first kappa shape index (κ1) is 34.4. The monoisotopic (exact) mass is 605 g/mol. The van der Waals surface area contributed by atoms with E-state index in [0.29, 0.717) is 6.54 Å². The fraction of sp³-hybridized carbons (Fsp3) is 0.167. The van der Waals surface area contributed by atoms with Gasteiger partial charge >= 0.3 is 26.2 Å². The molecule has 1 radical (unpaired) electrons. The maximum atomic E-state index is 4.72. The average molecular weight is 607 g/mol. The van der Waals surface area contributed by atoms with Crippen LogP contribution in [0.25, 0.3) is 5.32 Å². The summed E-state index contributed by atoms with van der Waals surface area (Å²) in [5.74, 6) is 0. The topological polar surface area (TPSA) is 31.9 Å². The summed E-state index contributed by atoms with van der Waals surface area (Å²) in [6.45, 7) is 20.2. The first-order chi connectivity index (χ1) is 18.7. The molecule has 3 nitrogen and oxygen atoms in total. The van der Waals surface area contributed by atoms with Gasteiger partial charge in [-0.3, -0.25) is 4.68 Å². The van der Waals surface area contributed by atoms with Crippen molar-refractivity contribution in [2.45, 2.75) is 34.2 Å². The Hall–Kier alpha value is -3.62. The van der Waals surface area contributed by atoms with Crippen LogP contribution in [0.15, 0.2) is 109 Å². The van der Waals surface area contributed by atoms with Crippen LogP contribution in [0.1, 0.15) is 44.6 Å². The van der Waals surface area contributed by atoms with Crippen molar-refractivity contribution in [2.24, 2.45) is 7.05 Å². The van der Waals surface area contributed by atoms with Crippen molar-refractivity contribution in [3.05, 3.63) is 180 Å². The number of hydrogen-bond acceptors (Lipinski definition) is 1.